The first kappa shape index (κ1) is 23.5. The molecule has 1 amide bonds. The van der Waals surface area contributed by atoms with Crippen molar-refractivity contribution in [1.82, 2.24) is 20.0 Å². The molecule has 0 radical (unpaired) electrons. The van der Waals surface area contributed by atoms with E-state index in [1.54, 1.807) is 42.5 Å². The van der Waals surface area contributed by atoms with E-state index in [-0.39, 0.29) is 17.2 Å². The average Bonchev–Trinajstić information content (AvgIpc) is 2.80. The molecule has 0 saturated carbocycles. The molecule has 2 aromatic carbocycles. The third-order valence-corrected chi connectivity index (χ3v) is 5.21. The zero-order valence-electron chi connectivity index (χ0n) is 19.1. The number of benzene rings is 2. The fourth-order valence-electron chi connectivity index (χ4n) is 3.76. The number of ether oxygens (including phenoxy) is 1. The minimum Gasteiger partial charge on any atom is -0.494 e. The van der Waals surface area contributed by atoms with Crippen LogP contribution in [0, 0.1) is 0 Å². The summed E-state index contributed by atoms with van der Waals surface area (Å²) >= 11 is 0. The number of nitrogens with zero attached hydrogens (tertiary/aromatic N) is 3. The minimum atomic E-state index is -0.283. The molecule has 7 heteroatoms. The van der Waals surface area contributed by atoms with Crippen molar-refractivity contribution >= 4 is 16.7 Å². The van der Waals surface area contributed by atoms with Gasteiger partial charge in [-0.15, -0.1) is 0 Å². The van der Waals surface area contributed by atoms with Crippen molar-refractivity contribution in [3.05, 3.63) is 64.6 Å². The minimum absolute atomic E-state index is 0.242. The van der Waals surface area contributed by atoms with E-state index in [1.807, 2.05) is 13.0 Å². The third kappa shape index (κ3) is 5.53. The molecular formula is C25H32N4O3. The van der Waals surface area contributed by atoms with Gasteiger partial charge in [0.15, 0.2) is 5.69 Å². The quantitative estimate of drug-likeness (QED) is 0.497. The van der Waals surface area contributed by atoms with Crippen LogP contribution in [0.5, 0.6) is 5.75 Å². The van der Waals surface area contributed by atoms with Gasteiger partial charge in [-0.3, -0.25) is 9.59 Å². The largest absolute Gasteiger partial charge is 0.494 e. The SMILES string of the molecule is CCCN(CCC)CCNC(=O)c1nn(-c2ccc(OCC)cc2)c(=O)c2ccccc12. The van der Waals surface area contributed by atoms with Crippen molar-refractivity contribution in [3.8, 4) is 11.4 Å². The Labute approximate surface area is 189 Å². The van der Waals surface area contributed by atoms with Crippen molar-refractivity contribution in [2.45, 2.75) is 33.6 Å². The van der Waals surface area contributed by atoms with Gasteiger partial charge in [-0.25, -0.2) is 0 Å². The highest BCUT2D eigenvalue weighted by atomic mass is 16.5. The van der Waals surface area contributed by atoms with Crippen molar-refractivity contribution in [2.75, 3.05) is 32.8 Å². The number of carbonyl (C=O) groups is 1. The summed E-state index contributed by atoms with van der Waals surface area (Å²) < 4.78 is 6.77. The summed E-state index contributed by atoms with van der Waals surface area (Å²) in [5.41, 5.74) is 0.556. The highest BCUT2D eigenvalue weighted by Gasteiger charge is 2.17. The van der Waals surface area contributed by atoms with E-state index >= 15 is 0 Å². The standard InChI is InChI=1S/C25H32N4O3/c1-4-16-28(17-5-2)18-15-26-24(30)23-21-9-7-8-10-22(21)25(31)29(27-23)19-11-13-20(14-12-19)32-6-3/h7-14H,4-6,15-18H2,1-3H3,(H,26,30). The molecule has 0 fully saturated rings. The summed E-state index contributed by atoms with van der Waals surface area (Å²) in [5, 5.41) is 8.45. The molecule has 0 aliphatic carbocycles. The number of nitrogens with one attached hydrogen (secondary N) is 1. The summed E-state index contributed by atoms with van der Waals surface area (Å²) in [7, 11) is 0. The van der Waals surface area contributed by atoms with Gasteiger partial charge in [-0.05, 0) is 63.2 Å². The Morgan fingerprint density at radius 3 is 2.25 bits per heavy atom. The number of hydrogen-bond donors (Lipinski definition) is 1. The number of fused-ring (bicyclic) bond motifs is 1. The topological polar surface area (TPSA) is 76.5 Å². The van der Waals surface area contributed by atoms with Crippen LogP contribution in [0.4, 0.5) is 0 Å². The fraction of sp³-hybridized carbons (Fsp3) is 0.400. The smallest absolute Gasteiger partial charge is 0.279 e. The molecule has 1 aromatic heterocycles. The lowest BCUT2D eigenvalue weighted by atomic mass is 10.1. The van der Waals surface area contributed by atoms with Crippen LogP contribution in [0.3, 0.4) is 0 Å². The summed E-state index contributed by atoms with van der Waals surface area (Å²) in [6.45, 7) is 10.1. The number of amides is 1. The van der Waals surface area contributed by atoms with E-state index in [2.05, 4.69) is 29.2 Å². The molecular weight excluding hydrogens is 404 g/mol. The Morgan fingerprint density at radius 2 is 1.62 bits per heavy atom. The molecule has 0 aliphatic rings. The molecule has 0 aliphatic heterocycles. The first-order valence-corrected chi connectivity index (χ1v) is 11.3. The molecule has 0 bridgehead atoms. The number of hydrogen-bond acceptors (Lipinski definition) is 5. The molecule has 1 heterocycles. The molecule has 3 rings (SSSR count). The van der Waals surface area contributed by atoms with Crippen LogP contribution >= 0.6 is 0 Å². The lowest BCUT2D eigenvalue weighted by molar-refractivity contribution is 0.0943. The molecule has 170 valence electrons. The first-order chi connectivity index (χ1) is 15.6. The van der Waals surface area contributed by atoms with E-state index in [9.17, 15) is 9.59 Å². The van der Waals surface area contributed by atoms with Crippen LogP contribution in [0.1, 0.15) is 44.1 Å². The van der Waals surface area contributed by atoms with Crippen LogP contribution in [-0.2, 0) is 0 Å². The Morgan fingerprint density at radius 1 is 0.969 bits per heavy atom. The second kappa shape index (κ2) is 11.4. The summed E-state index contributed by atoms with van der Waals surface area (Å²) in [6.07, 6.45) is 2.15. The third-order valence-electron chi connectivity index (χ3n) is 5.21. The van der Waals surface area contributed by atoms with Crippen molar-refractivity contribution < 1.29 is 9.53 Å². The van der Waals surface area contributed by atoms with Crippen LogP contribution in [-0.4, -0.2) is 53.4 Å². The van der Waals surface area contributed by atoms with Gasteiger partial charge in [-0.1, -0.05) is 32.0 Å². The predicted molar refractivity (Wildman–Crippen MR) is 128 cm³/mol. The Bertz CT molecular complexity index is 1090. The fourth-order valence-corrected chi connectivity index (χ4v) is 3.76. The van der Waals surface area contributed by atoms with E-state index < -0.39 is 0 Å². The molecule has 0 atom stereocenters. The highest BCUT2D eigenvalue weighted by molar-refractivity contribution is 6.04. The highest BCUT2D eigenvalue weighted by Crippen LogP contribution is 2.17. The van der Waals surface area contributed by atoms with Crippen LogP contribution in [0.25, 0.3) is 16.5 Å². The van der Waals surface area contributed by atoms with E-state index in [1.165, 1.54) is 4.68 Å². The summed E-state index contributed by atoms with van der Waals surface area (Å²) in [6, 6.07) is 14.2. The van der Waals surface area contributed by atoms with Gasteiger partial charge < -0.3 is 15.0 Å². The lowest BCUT2D eigenvalue weighted by Crippen LogP contribution is -2.37. The molecule has 0 spiro atoms. The van der Waals surface area contributed by atoms with Crippen LogP contribution < -0.4 is 15.6 Å². The lowest BCUT2D eigenvalue weighted by Gasteiger charge is -2.21. The van der Waals surface area contributed by atoms with Gasteiger partial charge in [0, 0.05) is 18.5 Å². The maximum absolute atomic E-state index is 13.1. The number of rotatable bonds is 11. The molecule has 32 heavy (non-hydrogen) atoms. The van der Waals surface area contributed by atoms with Crippen molar-refractivity contribution in [2.24, 2.45) is 0 Å². The van der Waals surface area contributed by atoms with E-state index in [0.29, 0.717) is 35.4 Å². The number of aromatic nitrogens is 2. The van der Waals surface area contributed by atoms with Gasteiger partial charge >= 0.3 is 0 Å². The molecule has 7 nitrogen and oxygen atoms in total. The van der Waals surface area contributed by atoms with Gasteiger partial charge in [0.1, 0.15) is 5.75 Å². The van der Waals surface area contributed by atoms with Crippen molar-refractivity contribution in [3.63, 3.8) is 0 Å². The molecule has 0 unspecified atom stereocenters. The summed E-state index contributed by atoms with van der Waals surface area (Å²) in [4.78, 5) is 28.5. The number of carbonyl (C=O) groups excluding carboxylic acids is 1. The Balaban J connectivity index is 1.90. The van der Waals surface area contributed by atoms with Gasteiger partial charge in [-0.2, -0.15) is 9.78 Å². The monoisotopic (exact) mass is 436 g/mol. The maximum Gasteiger partial charge on any atom is 0.279 e. The van der Waals surface area contributed by atoms with E-state index in [0.717, 1.165) is 32.5 Å². The second-order valence-corrected chi connectivity index (χ2v) is 7.64. The van der Waals surface area contributed by atoms with Gasteiger partial charge in [0.05, 0.1) is 17.7 Å². The zero-order chi connectivity index (χ0) is 22.9. The van der Waals surface area contributed by atoms with Crippen molar-refractivity contribution in [1.29, 1.82) is 0 Å². The average molecular weight is 437 g/mol. The maximum atomic E-state index is 13.1. The van der Waals surface area contributed by atoms with Crippen LogP contribution in [0.15, 0.2) is 53.3 Å². The second-order valence-electron chi connectivity index (χ2n) is 7.64. The van der Waals surface area contributed by atoms with Gasteiger partial charge in [0.25, 0.3) is 11.5 Å². The normalized spacial score (nSPS) is 11.1. The van der Waals surface area contributed by atoms with Crippen LogP contribution in [0.2, 0.25) is 0 Å². The Hall–Kier alpha value is -3.19. The predicted octanol–water partition coefficient (Wildman–Crippen LogP) is 3.64. The molecule has 0 saturated heterocycles. The molecule has 1 N–H and O–H groups in total. The molecule has 3 aromatic rings. The Kier molecular flexibility index (Phi) is 8.39. The summed E-state index contributed by atoms with van der Waals surface area (Å²) in [5.74, 6) is 0.431. The van der Waals surface area contributed by atoms with E-state index in [4.69, 9.17) is 4.74 Å². The first-order valence-electron chi connectivity index (χ1n) is 11.3. The van der Waals surface area contributed by atoms with Gasteiger partial charge in [0.2, 0.25) is 0 Å². The zero-order valence-corrected chi connectivity index (χ0v) is 19.1.